The molecule has 12 heteroatoms. The summed E-state index contributed by atoms with van der Waals surface area (Å²) in [5.41, 5.74) is 6.64. The molecule has 0 bridgehead atoms. The molecule has 0 unspecified atom stereocenters. The molecule has 0 N–H and O–H groups in total. The number of nitrogens with zero attached hydrogens (tertiary/aromatic N) is 6. The minimum Gasteiger partial charge on any atom is -0.497 e. The third kappa shape index (κ3) is 9.56. The summed E-state index contributed by atoms with van der Waals surface area (Å²) in [6.07, 6.45) is 0. The van der Waals surface area contributed by atoms with Crippen LogP contribution in [0.15, 0.2) is 158 Å². The van der Waals surface area contributed by atoms with Crippen molar-refractivity contribution in [3.8, 4) is 23.0 Å². The second-order valence-corrected chi connectivity index (χ2v) is 12.1. The first-order chi connectivity index (χ1) is 26.7. The largest absolute Gasteiger partial charge is 0.497 e. The Bertz CT molecular complexity index is 2410. The molecule has 55 heavy (non-hydrogen) atoms. The highest BCUT2D eigenvalue weighted by Crippen LogP contribution is 2.37. The number of azo groups is 3. The predicted molar refractivity (Wildman–Crippen MR) is 208 cm³/mol. The summed E-state index contributed by atoms with van der Waals surface area (Å²) < 4.78 is 21.9. The third-order valence-corrected chi connectivity index (χ3v) is 8.33. The number of ether oxygens (including phenoxy) is 4. The van der Waals surface area contributed by atoms with E-state index in [1.54, 1.807) is 129 Å². The van der Waals surface area contributed by atoms with Crippen LogP contribution in [0.3, 0.4) is 0 Å². The average Bonchev–Trinajstić information content (AvgIpc) is 3.21. The van der Waals surface area contributed by atoms with Gasteiger partial charge in [0.2, 0.25) is 0 Å². The molecule has 0 saturated heterocycles. The van der Waals surface area contributed by atoms with E-state index in [2.05, 4.69) is 30.7 Å². The van der Waals surface area contributed by atoms with Gasteiger partial charge in [-0.1, -0.05) is 24.3 Å². The fourth-order valence-electron chi connectivity index (χ4n) is 5.18. The molecule has 0 aliphatic rings. The summed E-state index contributed by atoms with van der Waals surface area (Å²) in [6, 6.07) is 36.6. The maximum absolute atomic E-state index is 12.7. The number of esters is 2. The van der Waals surface area contributed by atoms with Crippen molar-refractivity contribution in [2.75, 3.05) is 14.2 Å². The predicted octanol–water partition coefficient (Wildman–Crippen LogP) is 12.3. The van der Waals surface area contributed by atoms with E-state index >= 15 is 0 Å². The number of benzene rings is 6. The standard InChI is InChI=1S/C43H36N6O6/c1-27-24-35(54-42(50)30-10-7-6-8-11-30)22-23-36(27)46-49-39-25-28(2)38(26-41(39)53-5)48-45-33-18-16-32(17-19-33)44-47-37-12-9-13-40(29(37)3)55-43(51)31-14-20-34(52-4)21-15-31/h6-26H,1-5H3. The summed E-state index contributed by atoms with van der Waals surface area (Å²) >= 11 is 0. The summed E-state index contributed by atoms with van der Waals surface area (Å²) in [5.74, 6) is 1.00. The zero-order chi connectivity index (χ0) is 38.7. The highest BCUT2D eigenvalue weighted by Gasteiger charge is 2.14. The van der Waals surface area contributed by atoms with E-state index in [0.717, 1.165) is 11.1 Å². The molecular formula is C43H36N6O6. The van der Waals surface area contributed by atoms with Gasteiger partial charge in [0.25, 0.3) is 0 Å². The topological polar surface area (TPSA) is 145 Å². The second-order valence-electron chi connectivity index (χ2n) is 12.1. The van der Waals surface area contributed by atoms with Gasteiger partial charge in [-0.3, -0.25) is 0 Å². The van der Waals surface area contributed by atoms with Gasteiger partial charge in [0.05, 0.1) is 53.8 Å². The lowest BCUT2D eigenvalue weighted by atomic mass is 10.1. The smallest absolute Gasteiger partial charge is 0.343 e. The third-order valence-electron chi connectivity index (χ3n) is 8.33. The molecule has 0 amide bonds. The van der Waals surface area contributed by atoms with Gasteiger partial charge < -0.3 is 18.9 Å². The van der Waals surface area contributed by atoms with Crippen molar-refractivity contribution in [3.05, 3.63) is 155 Å². The van der Waals surface area contributed by atoms with Crippen LogP contribution in [0.1, 0.15) is 37.4 Å². The molecule has 0 saturated carbocycles. The molecule has 12 nitrogen and oxygen atoms in total. The van der Waals surface area contributed by atoms with Gasteiger partial charge in [-0.2, -0.15) is 25.6 Å². The number of hydrogen-bond acceptors (Lipinski definition) is 12. The fraction of sp³-hybridized carbons (Fsp3) is 0.116. The Morgan fingerprint density at radius 3 is 1.67 bits per heavy atom. The highest BCUT2D eigenvalue weighted by atomic mass is 16.5. The van der Waals surface area contributed by atoms with Crippen LogP contribution in [0.4, 0.5) is 34.1 Å². The minimum atomic E-state index is -0.487. The summed E-state index contributed by atoms with van der Waals surface area (Å²) in [4.78, 5) is 25.1. The molecular weight excluding hydrogens is 697 g/mol. The molecule has 0 atom stereocenters. The summed E-state index contributed by atoms with van der Waals surface area (Å²) in [7, 11) is 3.11. The maximum Gasteiger partial charge on any atom is 0.343 e. The lowest BCUT2D eigenvalue weighted by molar-refractivity contribution is 0.0724. The van der Waals surface area contributed by atoms with Crippen molar-refractivity contribution in [2.24, 2.45) is 30.7 Å². The van der Waals surface area contributed by atoms with E-state index < -0.39 is 11.9 Å². The fourth-order valence-corrected chi connectivity index (χ4v) is 5.18. The van der Waals surface area contributed by atoms with Gasteiger partial charge in [-0.15, -0.1) is 5.11 Å². The van der Waals surface area contributed by atoms with E-state index in [1.165, 1.54) is 0 Å². The van der Waals surface area contributed by atoms with Crippen molar-refractivity contribution in [2.45, 2.75) is 20.8 Å². The molecule has 6 aromatic rings. The Labute approximate surface area is 317 Å². The summed E-state index contributed by atoms with van der Waals surface area (Å²) in [6.45, 7) is 5.57. The van der Waals surface area contributed by atoms with Crippen LogP contribution in [0.5, 0.6) is 23.0 Å². The van der Waals surface area contributed by atoms with Gasteiger partial charge in [-0.05, 0) is 129 Å². The van der Waals surface area contributed by atoms with Crippen molar-refractivity contribution in [3.63, 3.8) is 0 Å². The van der Waals surface area contributed by atoms with Crippen LogP contribution >= 0.6 is 0 Å². The van der Waals surface area contributed by atoms with Crippen molar-refractivity contribution in [1.82, 2.24) is 0 Å². The second kappa shape index (κ2) is 17.5. The lowest BCUT2D eigenvalue weighted by Crippen LogP contribution is -2.09. The summed E-state index contributed by atoms with van der Waals surface area (Å²) in [5, 5.41) is 26.4. The quantitative estimate of drug-likeness (QED) is 0.0695. The molecule has 0 aliphatic carbocycles. The number of methoxy groups -OCH3 is 2. The molecule has 0 heterocycles. The highest BCUT2D eigenvalue weighted by molar-refractivity contribution is 5.92. The van der Waals surface area contributed by atoms with E-state index in [0.29, 0.717) is 73.8 Å². The van der Waals surface area contributed by atoms with Gasteiger partial charge in [-0.25, -0.2) is 9.59 Å². The van der Waals surface area contributed by atoms with Gasteiger partial charge in [0.1, 0.15) is 28.7 Å². The first-order valence-corrected chi connectivity index (χ1v) is 17.1. The number of carbonyl (C=O) groups is 2. The van der Waals surface area contributed by atoms with Crippen LogP contribution in [0.25, 0.3) is 0 Å². The van der Waals surface area contributed by atoms with Gasteiger partial charge in [0, 0.05) is 11.6 Å². The van der Waals surface area contributed by atoms with Crippen molar-refractivity contribution < 1.29 is 28.5 Å². The molecule has 6 aromatic carbocycles. The van der Waals surface area contributed by atoms with E-state index in [1.807, 2.05) is 32.9 Å². The molecule has 0 aromatic heterocycles. The molecule has 6 rings (SSSR count). The van der Waals surface area contributed by atoms with Gasteiger partial charge >= 0.3 is 11.9 Å². The van der Waals surface area contributed by atoms with Crippen LogP contribution < -0.4 is 18.9 Å². The Kier molecular flexibility index (Phi) is 11.9. The molecule has 0 fully saturated rings. The van der Waals surface area contributed by atoms with Crippen LogP contribution in [-0.4, -0.2) is 26.2 Å². The van der Waals surface area contributed by atoms with Gasteiger partial charge in [0.15, 0.2) is 0 Å². The van der Waals surface area contributed by atoms with Crippen LogP contribution in [0.2, 0.25) is 0 Å². The number of hydrogen-bond donors (Lipinski definition) is 0. The maximum atomic E-state index is 12.7. The normalized spacial score (nSPS) is 11.3. The van der Waals surface area contributed by atoms with Crippen molar-refractivity contribution in [1.29, 1.82) is 0 Å². The Morgan fingerprint density at radius 1 is 0.436 bits per heavy atom. The zero-order valence-electron chi connectivity index (χ0n) is 30.8. The molecule has 274 valence electrons. The lowest BCUT2D eigenvalue weighted by Gasteiger charge is -2.09. The van der Waals surface area contributed by atoms with E-state index in [9.17, 15) is 9.59 Å². The Hall–Kier alpha value is -7.34. The number of carbonyl (C=O) groups excluding carboxylic acids is 2. The first kappa shape index (κ1) is 37.4. The Balaban J connectivity index is 1.08. The SMILES string of the molecule is COc1ccc(C(=O)Oc2cccc(N=Nc3ccc(N=Nc4cc(OC)c(N=Nc5ccc(OC(=O)c6ccccc6)cc5C)cc4C)cc3)c2C)cc1. The van der Waals surface area contributed by atoms with Crippen LogP contribution in [-0.2, 0) is 0 Å². The average molecular weight is 733 g/mol. The van der Waals surface area contributed by atoms with Crippen molar-refractivity contribution >= 4 is 46.1 Å². The molecule has 0 aliphatic heterocycles. The Morgan fingerprint density at radius 2 is 1.02 bits per heavy atom. The van der Waals surface area contributed by atoms with Crippen LogP contribution in [0, 0.1) is 20.8 Å². The zero-order valence-corrected chi connectivity index (χ0v) is 30.8. The number of rotatable bonds is 12. The monoisotopic (exact) mass is 732 g/mol. The minimum absolute atomic E-state index is 0.390. The van der Waals surface area contributed by atoms with E-state index in [-0.39, 0.29) is 0 Å². The first-order valence-electron chi connectivity index (χ1n) is 17.1. The molecule has 0 radical (unpaired) electrons. The van der Waals surface area contributed by atoms with E-state index in [4.69, 9.17) is 18.9 Å². The molecule has 0 spiro atoms. The number of aryl methyl sites for hydroxylation is 2.